The Balaban J connectivity index is 1.61. The van der Waals surface area contributed by atoms with E-state index in [0.717, 1.165) is 11.4 Å². The molecule has 7 nitrogen and oxygen atoms in total. The lowest BCUT2D eigenvalue weighted by molar-refractivity contribution is 0.0731. The number of hydrogen-bond donors (Lipinski definition) is 0. The lowest BCUT2D eigenvalue weighted by Crippen LogP contribution is -2.36. The van der Waals surface area contributed by atoms with Crippen LogP contribution in [0.3, 0.4) is 0 Å². The molecule has 0 spiro atoms. The Morgan fingerprint density at radius 1 is 1.12 bits per heavy atom. The Kier molecular flexibility index (Phi) is 4.10. The van der Waals surface area contributed by atoms with E-state index in [-0.39, 0.29) is 10.9 Å². The van der Waals surface area contributed by atoms with Crippen LogP contribution in [0, 0.1) is 0 Å². The number of benzene rings is 1. The van der Waals surface area contributed by atoms with E-state index in [4.69, 9.17) is 23.2 Å². The van der Waals surface area contributed by atoms with Crippen molar-refractivity contribution in [3.63, 3.8) is 0 Å². The number of carbonyl (C=O) groups excluding carboxylic acids is 1. The zero-order chi connectivity index (χ0) is 17.4. The van der Waals surface area contributed by atoms with E-state index in [1.54, 1.807) is 46.2 Å². The van der Waals surface area contributed by atoms with E-state index in [0.29, 0.717) is 36.0 Å². The van der Waals surface area contributed by atoms with Crippen LogP contribution in [0.5, 0.6) is 0 Å². The Labute approximate surface area is 153 Å². The first-order chi connectivity index (χ1) is 12.1. The fourth-order valence-corrected chi connectivity index (χ4v) is 3.16. The molecule has 4 rings (SSSR count). The molecule has 1 aliphatic heterocycles. The Morgan fingerprint density at radius 3 is 2.72 bits per heavy atom. The summed E-state index contributed by atoms with van der Waals surface area (Å²) in [5.74, 6) is 0.289. The molecule has 0 radical (unpaired) electrons. The van der Waals surface area contributed by atoms with Gasteiger partial charge >= 0.3 is 0 Å². The SMILES string of the molecule is O=C(c1cccc(Cl)c1Cl)N1CCc2c(nnn2-c2ncccn2)C1. The second kappa shape index (κ2) is 6.42. The summed E-state index contributed by atoms with van der Waals surface area (Å²) in [7, 11) is 0. The molecular weight excluding hydrogens is 363 g/mol. The number of halogens is 2. The monoisotopic (exact) mass is 374 g/mol. The molecule has 126 valence electrons. The average molecular weight is 375 g/mol. The van der Waals surface area contributed by atoms with E-state index in [1.807, 2.05) is 0 Å². The van der Waals surface area contributed by atoms with Crippen molar-refractivity contribution in [2.75, 3.05) is 6.54 Å². The topological polar surface area (TPSA) is 76.8 Å². The summed E-state index contributed by atoms with van der Waals surface area (Å²) >= 11 is 12.2. The first kappa shape index (κ1) is 16.0. The second-order valence-electron chi connectivity index (χ2n) is 5.52. The minimum Gasteiger partial charge on any atom is -0.332 e. The van der Waals surface area contributed by atoms with Crippen molar-refractivity contribution in [2.24, 2.45) is 0 Å². The summed E-state index contributed by atoms with van der Waals surface area (Å²) in [6.07, 6.45) is 3.90. The van der Waals surface area contributed by atoms with Crippen molar-refractivity contribution < 1.29 is 4.79 Å². The molecule has 0 atom stereocenters. The summed E-state index contributed by atoms with van der Waals surface area (Å²) < 4.78 is 1.61. The van der Waals surface area contributed by atoms with Gasteiger partial charge in [0.1, 0.15) is 5.69 Å². The summed E-state index contributed by atoms with van der Waals surface area (Å²) in [5.41, 5.74) is 2.02. The zero-order valence-electron chi connectivity index (χ0n) is 12.9. The molecule has 0 saturated heterocycles. The Hall–Kier alpha value is -2.51. The highest BCUT2D eigenvalue weighted by molar-refractivity contribution is 6.43. The van der Waals surface area contributed by atoms with Crippen molar-refractivity contribution >= 4 is 29.1 Å². The van der Waals surface area contributed by atoms with Crippen molar-refractivity contribution in [1.82, 2.24) is 29.9 Å². The largest absolute Gasteiger partial charge is 0.332 e. The van der Waals surface area contributed by atoms with Crippen molar-refractivity contribution in [1.29, 1.82) is 0 Å². The smallest absolute Gasteiger partial charge is 0.255 e. The first-order valence-corrected chi connectivity index (χ1v) is 8.35. The third-order valence-corrected chi connectivity index (χ3v) is 4.83. The second-order valence-corrected chi connectivity index (χ2v) is 6.31. The molecule has 0 aliphatic carbocycles. The molecule has 3 heterocycles. The maximum absolute atomic E-state index is 12.8. The highest BCUT2D eigenvalue weighted by Gasteiger charge is 2.28. The van der Waals surface area contributed by atoms with Crippen LogP contribution < -0.4 is 0 Å². The quantitative estimate of drug-likeness (QED) is 0.688. The Morgan fingerprint density at radius 2 is 1.92 bits per heavy atom. The summed E-state index contributed by atoms with van der Waals surface area (Å²) in [5, 5.41) is 8.93. The molecule has 1 amide bonds. The first-order valence-electron chi connectivity index (χ1n) is 7.59. The molecule has 1 aromatic carbocycles. The van der Waals surface area contributed by atoms with Gasteiger partial charge in [-0.05, 0) is 18.2 Å². The lowest BCUT2D eigenvalue weighted by atomic mass is 10.1. The normalized spacial score (nSPS) is 13.6. The van der Waals surface area contributed by atoms with Gasteiger partial charge in [-0.2, -0.15) is 4.68 Å². The predicted octanol–water partition coefficient (Wildman–Crippen LogP) is 2.56. The van der Waals surface area contributed by atoms with Gasteiger partial charge in [-0.25, -0.2) is 9.97 Å². The highest BCUT2D eigenvalue weighted by Crippen LogP contribution is 2.28. The minimum atomic E-state index is -0.177. The van der Waals surface area contributed by atoms with E-state index in [9.17, 15) is 4.79 Å². The van der Waals surface area contributed by atoms with Crippen molar-refractivity contribution in [3.05, 3.63) is 63.7 Å². The number of aromatic nitrogens is 5. The van der Waals surface area contributed by atoms with Gasteiger partial charge in [0, 0.05) is 25.4 Å². The van der Waals surface area contributed by atoms with Gasteiger partial charge in [-0.1, -0.05) is 34.5 Å². The van der Waals surface area contributed by atoms with Gasteiger partial charge in [0.2, 0.25) is 0 Å². The van der Waals surface area contributed by atoms with Crippen LogP contribution >= 0.6 is 23.2 Å². The van der Waals surface area contributed by atoms with E-state index < -0.39 is 0 Å². The van der Waals surface area contributed by atoms with Crippen molar-refractivity contribution in [3.8, 4) is 5.95 Å². The van der Waals surface area contributed by atoms with E-state index in [2.05, 4.69) is 20.3 Å². The van der Waals surface area contributed by atoms with Gasteiger partial charge in [0.05, 0.1) is 27.8 Å². The lowest BCUT2D eigenvalue weighted by Gasteiger charge is -2.26. The van der Waals surface area contributed by atoms with Crippen LogP contribution in [-0.4, -0.2) is 42.3 Å². The molecule has 0 fully saturated rings. The molecule has 3 aromatic rings. The number of amides is 1. The molecule has 0 bridgehead atoms. The fraction of sp³-hybridized carbons (Fsp3) is 0.188. The summed E-state index contributed by atoms with van der Waals surface area (Å²) in [6.45, 7) is 0.874. The van der Waals surface area contributed by atoms with Gasteiger partial charge in [0.25, 0.3) is 11.9 Å². The van der Waals surface area contributed by atoms with Gasteiger partial charge < -0.3 is 4.90 Å². The molecule has 1 aliphatic rings. The van der Waals surface area contributed by atoms with Crippen LogP contribution in [-0.2, 0) is 13.0 Å². The molecule has 0 N–H and O–H groups in total. The number of hydrogen-bond acceptors (Lipinski definition) is 5. The van der Waals surface area contributed by atoms with Gasteiger partial charge in [0.15, 0.2) is 0 Å². The minimum absolute atomic E-state index is 0.177. The molecule has 2 aromatic heterocycles. The van der Waals surface area contributed by atoms with Gasteiger partial charge in [-0.15, -0.1) is 5.10 Å². The van der Waals surface area contributed by atoms with Gasteiger partial charge in [-0.3, -0.25) is 4.79 Å². The molecule has 0 unspecified atom stereocenters. The fourth-order valence-electron chi connectivity index (χ4n) is 2.78. The van der Waals surface area contributed by atoms with Crippen molar-refractivity contribution in [2.45, 2.75) is 13.0 Å². The number of carbonyl (C=O) groups is 1. The summed E-state index contributed by atoms with van der Waals surface area (Å²) in [6, 6.07) is 6.77. The number of fused-ring (bicyclic) bond motifs is 1. The molecule has 0 saturated carbocycles. The van der Waals surface area contributed by atoms with E-state index in [1.165, 1.54) is 0 Å². The van der Waals surface area contributed by atoms with Crippen LogP contribution in [0.4, 0.5) is 0 Å². The average Bonchev–Trinajstić information content (AvgIpc) is 3.07. The van der Waals surface area contributed by atoms with Crippen LogP contribution in [0.25, 0.3) is 5.95 Å². The summed E-state index contributed by atoms with van der Waals surface area (Å²) in [4.78, 5) is 22.8. The highest BCUT2D eigenvalue weighted by atomic mass is 35.5. The maximum atomic E-state index is 12.8. The van der Waals surface area contributed by atoms with Crippen LogP contribution in [0.1, 0.15) is 21.7 Å². The van der Waals surface area contributed by atoms with E-state index >= 15 is 0 Å². The molecule has 25 heavy (non-hydrogen) atoms. The molecular formula is C16H12Cl2N6O. The standard InChI is InChI=1S/C16H12Cl2N6O/c17-11-4-1-3-10(14(11)18)15(25)23-8-5-13-12(9-23)21-22-24(13)16-19-6-2-7-20-16/h1-4,6-7H,5,8-9H2. The predicted molar refractivity (Wildman–Crippen MR) is 91.9 cm³/mol. The Bertz CT molecular complexity index is 943. The zero-order valence-corrected chi connectivity index (χ0v) is 14.4. The van der Waals surface area contributed by atoms with Crippen LogP contribution in [0.2, 0.25) is 10.0 Å². The molecule has 9 heteroatoms. The number of rotatable bonds is 2. The number of nitrogens with zero attached hydrogens (tertiary/aromatic N) is 6. The van der Waals surface area contributed by atoms with Crippen LogP contribution in [0.15, 0.2) is 36.7 Å². The maximum Gasteiger partial charge on any atom is 0.255 e. The third-order valence-electron chi connectivity index (χ3n) is 4.01. The third kappa shape index (κ3) is 2.85.